The first kappa shape index (κ1) is 10.9. The van der Waals surface area contributed by atoms with Crippen LogP contribution in [0.15, 0.2) is 12.4 Å². The second-order valence-electron chi connectivity index (χ2n) is 2.82. The van der Waals surface area contributed by atoms with E-state index in [0.29, 0.717) is 19.8 Å². The van der Waals surface area contributed by atoms with Crippen molar-refractivity contribution in [3.8, 4) is 0 Å². The normalized spacial score (nSPS) is 10.1. The molecule has 0 radical (unpaired) electrons. The van der Waals surface area contributed by atoms with Crippen LogP contribution in [0.2, 0.25) is 0 Å². The number of nitrogens with one attached hydrogen (secondary N) is 1. The van der Waals surface area contributed by atoms with Gasteiger partial charge in [0.15, 0.2) is 0 Å². The second kappa shape index (κ2) is 6.28. The average Bonchev–Trinajstić information content (AvgIpc) is 2.20. The maximum atomic E-state index is 5.28. The molecule has 1 heterocycles. The SMILES string of the molecule is Cc1nccnc1NCCOCCN. The van der Waals surface area contributed by atoms with Gasteiger partial charge in [0.2, 0.25) is 0 Å². The number of ether oxygens (including phenoxy) is 1. The maximum Gasteiger partial charge on any atom is 0.147 e. The summed E-state index contributed by atoms with van der Waals surface area (Å²) in [6, 6.07) is 0. The maximum absolute atomic E-state index is 5.28. The number of anilines is 1. The average molecular weight is 196 g/mol. The second-order valence-corrected chi connectivity index (χ2v) is 2.82. The van der Waals surface area contributed by atoms with Crippen LogP contribution in [0.5, 0.6) is 0 Å². The molecule has 1 aromatic heterocycles. The zero-order valence-electron chi connectivity index (χ0n) is 8.36. The zero-order chi connectivity index (χ0) is 10.2. The minimum Gasteiger partial charge on any atom is -0.378 e. The van der Waals surface area contributed by atoms with E-state index in [4.69, 9.17) is 10.5 Å². The summed E-state index contributed by atoms with van der Waals surface area (Å²) in [5.74, 6) is 0.809. The number of rotatable bonds is 6. The van der Waals surface area contributed by atoms with Crippen molar-refractivity contribution >= 4 is 5.82 Å². The van der Waals surface area contributed by atoms with Crippen molar-refractivity contribution in [1.29, 1.82) is 0 Å². The van der Waals surface area contributed by atoms with Crippen LogP contribution in [0, 0.1) is 6.92 Å². The van der Waals surface area contributed by atoms with E-state index in [9.17, 15) is 0 Å². The van der Waals surface area contributed by atoms with Gasteiger partial charge in [-0.05, 0) is 6.92 Å². The summed E-state index contributed by atoms with van der Waals surface area (Å²) in [6.45, 7) is 4.42. The zero-order valence-corrected chi connectivity index (χ0v) is 8.36. The van der Waals surface area contributed by atoms with E-state index >= 15 is 0 Å². The van der Waals surface area contributed by atoms with Gasteiger partial charge in [-0.15, -0.1) is 0 Å². The van der Waals surface area contributed by atoms with Gasteiger partial charge in [0.1, 0.15) is 5.82 Å². The fraction of sp³-hybridized carbons (Fsp3) is 0.556. The minimum atomic E-state index is 0.560. The highest BCUT2D eigenvalue weighted by atomic mass is 16.5. The quantitative estimate of drug-likeness (QED) is 0.635. The smallest absolute Gasteiger partial charge is 0.147 e. The van der Waals surface area contributed by atoms with Gasteiger partial charge >= 0.3 is 0 Å². The Morgan fingerprint density at radius 2 is 2.14 bits per heavy atom. The summed E-state index contributed by atoms with van der Waals surface area (Å²) in [5.41, 5.74) is 6.17. The number of nitrogens with zero attached hydrogens (tertiary/aromatic N) is 2. The van der Waals surface area contributed by atoms with Crippen molar-refractivity contribution in [3.63, 3.8) is 0 Å². The molecule has 5 heteroatoms. The van der Waals surface area contributed by atoms with Crippen molar-refractivity contribution in [2.45, 2.75) is 6.92 Å². The predicted octanol–water partition coefficient (Wildman–Crippen LogP) is 0.172. The van der Waals surface area contributed by atoms with Gasteiger partial charge in [0.25, 0.3) is 0 Å². The van der Waals surface area contributed by atoms with E-state index in [1.54, 1.807) is 12.4 Å². The summed E-state index contributed by atoms with van der Waals surface area (Å²) in [4.78, 5) is 8.25. The van der Waals surface area contributed by atoms with Gasteiger partial charge in [-0.3, -0.25) is 4.98 Å². The Kier molecular flexibility index (Phi) is 4.88. The van der Waals surface area contributed by atoms with Crippen LogP contribution in [0.1, 0.15) is 5.69 Å². The van der Waals surface area contributed by atoms with Gasteiger partial charge in [-0.25, -0.2) is 4.98 Å². The highest BCUT2D eigenvalue weighted by Gasteiger charge is 1.97. The Balaban J connectivity index is 2.21. The molecule has 14 heavy (non-hydrogen) atoms. The predicted molar refractivity (Wildman–Crippen MR) is 55.1 cm³/mol. The molecule has 0 aliphatic heterocycles. The molecule has 0 aliphatic carbocycles. The van der Waals surface area contributed by atoms with Crippen LogP contribution >= 0.6 is 0 Å². The van der Waals surface area contributed by atoms with Crippen molar-refractivity contribution in [3.05, 3.63) is 18.1 Å². The molecular formula is C9H16N4O. The fourth-order valence-corrected chi connectivity index (χ4v) is 1.01. The molecule has 0 atom stereocenters. The van der Waals surface area contributed by atoms with Gasteiger partial charge < -0.3 is 15.8 Å². The highest BCUT2D eigenvalue weighted by molar-refractivity contribution is 5.37. The molecule has 0 bridgehead atoms. The molecule has 78 valence electrons. The lowest BCUT2D eigenvalue weighted by atomic mass is 10.4. The Morgan fingerprint density at radius 1 is 1.36 bits per heavy atom. The number of hydrogen-bond acceptors (Lipinski definition) is 5. The number of hydrogen-bond donors (Lipinski definition) is 2. The van der Waals surface area contributed by atoms with Gasteiger partial charge in [-0.2, -0.15) is 0 Å². The first-order valence-electron chi connectivity index (χ1n) is 4.64. The molecule has 0 spiro atoms. The molecule has 0 unspecified atom stereocenters. The van der Waals surface area contributed by atoms with E-state index < -0.39 is 0 Å². The molecule has 0 saturated heterocycles. The number of aryl methyl sites for hydroxylation is 1. The third kappa shape index (κ3) is 3.68. The van der Waals surface area contributed by atoms with E-state index in [-0.39, 0.29) is 0 Å². The lowest BCUT2D eigenvalue weighted by Gasteiger charge is -2.07. The van der Waals surface area contributed by atoms with Crippen LogP contribution in [0.25, 0.3) is 0 Å². The summed E-state index contributed by atoms with van der Waals surface area (Å²) in [5, 5.41) is 3.13. The molecule has 0 fully saturated rings. The monoisotopic (exact) mass is 196 g/mol. The minimum absolute atomic E-state index is 0.560. The van der Waals surface area contributed by atoms with Crippen molar-refractivity contribution in [1.82, 2.24) is 9.97 Å². The third-order valence-corrected chi connectivity index (χ3v) is 1.68. The Morgan fingerprint density at radius 3 is 2.86 bits per heavy atom. The Hall–Kier alpha value is -1.20. The van der Waals surface area contributed by atoms with E-state index in [1.807, 2.05) is 6.92 Å². The first-order valence-corrected chi connectivity index (χ1v) is 4.64. The van der Waals surface area contributed by atoms with E-state index in [2.05, 4.69) is 15.3 Å². The third-order valence-electron chi connectivity index (χ3n) is 1.68. The summed E-state index contributed by atoms with van der Waals surface area (Å²) in [7, 11) is 0. The van der Waals surface area contributed by atoms with Gasteiger partial charge in [-0.1, -0.05) is 0 Å². The summed E-state index contributed by atoms with van der Waals surface area (Å²) in [6.07, 6.45) is 3.33. The molecule has 0 aromatic carbocycles. The van der Waals surface area contributed by atoms with Crippen molar-refractivity contribution in [2.75, 3.05) is 31.6 Å². The summed E-state index contributed by atoms with van der Waals surface area (Å²) < 4.78 is 5.21. The molecule has 1 rings (SSSR count). The number of nitrogens with two attached hydrogens (primary N) is 1. The Bertz CT molecular complexity index is 267. The number of aromatic nitrogens is 2. The molecular weight excluding hydrogens is 180 g/mol. The van der Waals surface area contributed by atoms with Crippen molar-refractivity contribution in [2.24, 2.45) is 5.73 Å². The van der Waals surface area contributed by atoms with Gasteiger partial charge in [0.05, 0.1) is 18.9 Å². The molecule has 0 aliphatic rings. The van der Waals surface area contributed by atoms with Crippen LogP contribution in [-0.4, -0.2) is 36.3 Å². The Labute approximate surface area is 83.7 Å². The molecule has 1 aromatic rings. The molecule has 3 N–H and O–H groups in total. The standard InChI is InChI=1S/C9H16N4O/c1-8-9(12-4-3-11-8)13-5-7-14-6-2-10/h3-4H,2,5-7,10H2,1H3,(H,12,13). The molecule has 5 nitrogen and oxygen atoms in total. The van der Waals surface area contributed by atoms with Crippen molar-refractivity contribution < 1.29 is 4.74 Å². The molecule has 0 saturated carbocycles. The van der Waals surface area contributed by atoms with E-state index in [0.717, 1.165) is 18.1 Å². The van der Waals surface area contributed by atoms with Crippen LogP contribution < -0.4 is 11.1 Å². The van der Waals surface area contributed by atoms with E-state index in [1.165, 1.54) is 0 Å². The highest BCUT2D eigenvalue weighted by Crippen LogP contribution is 2.04. The van der Waals surface area contributed by atoms with Crippen LogP contribution in [-0.2, 0) is 4.74 Å². The molecule has 0 amide bonds. The largest absolute Gasteiger partial charge is 0.378 e. The van der Waals surface area contributed by atoms with Crippen LogP contribution in [0.4, 0.5) is 5.82 Å². The lowest BCUT2D eigenvalue weighted by Crippen LogP contribution is -2.15. The first-order chi connectivity index (χ1) is 6.84. The summed E-state index contributed by atoms with van der Waals surface area (Å²) >= 11 is 0. The van der Waals surface area contributed by atoms with Crippen LogP contribution in [0.3, 0.4) is 0 Å². The lowest BCUT2D eigenvalue weighted by molar-refractivity contribution is 0.151. The fourth-order valence-electron chi connectivity index (χ4n) is 1.01. The van der Waals surface area contributed by atoms with Gasteiger partial charge in [0, 0.05) is 25.5 Å². The topological polar surface area (TPSA) is 73.1 Å².